The Kier molecular flexibility index (Phi) is 4.19. The van der Waals surface area contributed by atoms with Crippen LogP contribution in [0.5, 0.6) is 0 Å². The van der Waals surface area contributed by atoms with Gasteiger partial charge in [0.1, 0.15) is 0 Å². The van der Waals surface area contributed by atoms with Crippen molar-refractivity contribution in [3.8, 4) is 0 Å². The molecule has 1 unspecified atom stereocenters. The van der Waals surface area contributed by atoms with Crippen LogP contribution in [0.3, 0.4) is 0 Å². The zero-order valence-electron chi connectivity index (χ0n) is 12.7. The van der Waals surface area contributed by atoms with Crippen molar-refractivity contribution in [2.75, 3.05) is 6.54 Å². The van der Waals surface area contributed by atoms with E-state index in [1.807, 2.05) is 12.1 Å². The lowest BCUT2D eigenvalue weighted by Crippen LogP contribution is -2.18. The summed E-state index contributed by atoms with van der Waals surface area (Å²) >= 11 is 0. The lowest BCUT2D eigenvalue weighted by atomic mass is 9.83. The van der Waals surface area contributed by atoms with E-state index in [0.29, 0.717) is 6.54 Å². The molecule has 106 valence electrons. The van der Waals surface area contributed by atoms with Crippen LogP contribution >= 0.6 is 0 Å². The summed E-state index contributed by atoms with van der Waals surface area (Å²) in [5.74, 6) is 0.109. The molecule has 2 N–H and O–H groups in total. The van der Waals surface area contributed by atoms with E-state index >= 15 is 0 Å². The number of nitrogens with zero attached hydrogens (tertiary/aromatic N) is 2. The molecule has 0 radical (unpaired) electrons. The molecule has 0 spiro atoms. The molecule has 3 heteroatoms. The van der Waals surface area contributed by atoms with Crippen molar-refractivity contribution in [1.82, 2.24) is 10.2 Å². The molecular weight excluding hydrogens is 246 g/mol. The Hall–Kier alpha value is -1.74. The predicted octanol–water partition coefficient (Wildman–Crippen LogP) is 3.17. The number of rotatable bonds is 3. The average molecular weight is 269 g/mol. The van der Waals surface area contributed by atoms with Gasteiger partial charge < -0.3 is 5.73 Å². The van der Waals surface area contributed by atoms with Crippen molar-refractivity contribution in [3.63, 3.8) is 0 Å². The Morgan fingerprint density at radius 1 is 1.20 bits per heavy atom. The van der Waals surface area contributed by atoms with E-state index in [0.717, 1.165) is 5.69 Å². The van der Waals surface area contributed by atoms with Crippen LogP contribution in [0.2, 0.25) is 0 Å². The van der Waals surface area contributed by atoms with Crippen molar-refractivity contribution >= 4 is 0 Å². The molecule has 0 saturated carbocycles. The van der Waals surface area contributed by atoms with Gasteiger partial charge in [0.2, 0.25) is 0 Å². The highest BCUT2D eigenvalue weighted by Crippen LogP contribution is 2.29. The molecule has 1 heterocycles. The van der Waals surface area contributed by atoms with Gasteiger partial charge in [-0.3, -0.25) is 0 Å². The maximum absolute atomic E-state index is 5.96. The highest BCUT2D eigenvalue weighted by atomic mass is 15.1. The second kappa shape index (κ2) is 5.71. The van der Waals surface area contributed by atoms with E-state index in [2.05, 4.69) is 56.1 Å². The molecule has 3 nitrogen and oxygen atoms in total. The summed E-state index contributed by atoms with van der Waals surface area (Å²) in [6, 6.07) is 10.5. The Morgan fingerprint density at radius 2 is 1.95 bits per heavy atom. The summed E-state index contributed by atoms with van der Waals surface area (Å²) in [4.78, 5) is 0. The Balaban J connectivity index is 2.42. The van der Waals surface area contributed by atoms with Crippen LogP contribution in [0, 0.1) is 6.92 Å². The molecular formula is C17H23N3. The zero-order valence-corrected chi connectivity index (χ0v) is 12.7. The van der Waals surface area contributed by atoms with Crippen molar-refractivity contribution in [1.29, 1.82) is 0 Å². The van der Waals surface area contributed by atoms with E-state index in [9.17, 15) is 0 Å². The molecule has 2 aromatic rings. The normalized spacial score (nSPS) is 13.2. The number of aromatic nitrogens is 2. The third-order valence-corrected chi connectivity index (χ3v) is 3.70. The number of aryl methyl sites for hydroxylation is 1. The topological polar surface area (TPSA) is 51.8 Å². The number of hydrogen-bond acceptors (Lipinski definition) is 3. The fraction of sp³-hybridized carbons (Fsp3) is 0.412. The van der Waals surface area contributed by atoms with Crippen LogP contribution in [0.1, 0.15) is 49.1 Å². The molecule has 2 rings (SSSR count). The summed E-state index contributed by atoms with van der Waals surface area (Å²) in [7, 11) is 0. The molecule has 0 amide bonds. The molecule has 1 aromatic carbocycles. The van der Waals surface area contributed by atoms with Gasteiger partial charge in [-0.05, 0) is 41.2 Å². The van der Waals surface area contributed by atoms with Gasteiger partial charge in [0.15, 0.2) is 0 Å². The third-order valence-electron chi connectivity index (χ3n) is 3.70. The minimum absolute atomic E-state index is 0.109. The van der Waals surface area contributed by atoms with E-state index in [1.54, 1.807) is 6.20 Å². The van der Waals surface area contributed by atoms with E-state index in [1.165, 1.54) is 16.7 Å². The van der Waals surface area contributed by atoms with Gasteiger partial charge in [0.25, 0.3) is 0 Å². The largest absolute Gasteiger partial charge is 0.329 e. The van der Waals surface area contributed by atoms with E-state index in [-0.39, 0.29) is 11.3 Å². The number of benzene rings is 1. The second-order valence-corrected chi connectivity index (χ2v) is 6.26. The molecule has 0 saturated heterocycles. The van der Waals surface area contributed by atoms with Gasteiger partial charge in [-0.25, -0.2) is 0 Å². The quantitative estimate of drug-likeness (QED) is 0.931. The fourth-order valence-electron chi connectivity index (χ4n) is 2.44. The Morgan fingerprint density at radius 3 is 2.45 bits per heavy atom. The van der Waals surface area contributed by atoms with Gasteiger partial charge in [-0.1, -0.05) is 39.0 Å². The maximum atomic E-state index is 5.96. The van der Waals surface area contributed by atoms with Crippen LogP contribution in [0.15, 0.2) is 36.5 Å². The highest BCUT2D eigenvalue weighted by Gasteiger charge is 2.19. The summed E-state index contributed by atoms with van der Waals surface area (Å²) in [6.07, 6.45) is 1.69. The molecule has 1 atom stereocenters. The van der Waals surface area contributed by atoms with E-state index < -0.39 is 0 Å². The minimum Gasteiger partial charge on any atom is -0.329 e. The van der Waals surface area contributed by atoms with Gasteiger partial charge in [-0.2, -0.15) is 10.2 Å². The Bertz CT molecular complexity index is 571. The standard InChI is InChI=1S/C17H23N3/c1-12-10-13(17(2,3)4)7-8-14(12)15(11-18)16-6-5-9-19-20-16/h5-10,15H,11,18H2,1-4H3. The first-order valence-electron chi connectivity index (χ1n) is 7.02. The lowest BCUT2D eigenvalue weighted by molar-refractivity contribution is 0.589. The van der Waals surface area contributed by atoms with Crippen molar-refractivity contribution in [2.24, 2.45) is 5.73 Å². The molecule has 0 aliphatic rings. The van der Waals surface area contributed by atoms with Crippen LogP contribution in [-0.2, 0) is 5.41 Å². The molecule has 1 aromatic heterocycles. The predicted molar refractivity (Wildman–Crippen MR) is 82.8 cm³/mol. The van der Waals surface area contributed by atoms with Gasteiger partial charge in [0.05, 0.1) is 5.69 Å². The molecule has 0 aliphatic carbocycles. The second-order valence-electron chi connectivity index (χ2n) is 6.26. The molecule has 0 bridgehead atoms. The fourth-order valence-corrected chi connectivity index (χ4v) is 2.44. The van der Waals surface area contributed by atoms with Gasteiger partial charge in [0, 0.05) is 18.7 Å². The van der Waals surface area contributed by atoms with Crippen molar-refractivity contribution in [2.45, 2.75) is 39.0 Å². The SMILES string of the molecule is Cc1cc(C(C)(C)C)ccc1C(CN)c1cccnn1. The Labute approximate surface area is 121 Å². The van der Waals surface area contributed by atoms with Crippen molar-refractivity contribution in [3.05, 3.63) is 58.9 Å². The van der Waals surface area contributed by atoms with E-state index in [4.69, 9.17) is 5.73 Å². The first-order chi connectivity index (χ1) is 9.43. The first-order valence-corrected chi connectivity index (χ1v) is 7.02. The van der Waals surface area contributed by atoms with Crippen LogP contribution < -0.4 is 5.73 Å². The third kappa shape index (κ3) is 3.05. The number of hydrogen-bond donors (Lipinski definition) is 1. The summed E-state index contributed by atoms with van der Waals surface area (Å²) in [6.45, 7) is 9.36. The summed E-state index contributed by atoms with van der Waals surface area (Å²) < 4.78 is 0. The zero-order chi connectivity index (χ0) is 14.8. The van der Waals surface area contributed by atoms with Gasteiger partial charge in [-0.15, -0.1) is 0 Å². The average Bonchev–Trinajstić information content (AvgIpc) is 2.41. The summed E-state index contributed by atoms with van der Waals surface area (Å²) in [5.41, 5.74) is 10.9. The number of nitrogens with two attached hydrogens (primary N) is 1. The first kappa shape index (κ1) is 14.7. The maximum Gasteiger partial charge on any atom is 0.0718 e. The monoisotopic (exact) mass is 269 g/mol. The van der Waals surface area contributed by atoms with Crippen LogP contribution in [-0.4, -0.2) is 16.7 Å². The van der Waals surface area contributed by atoms with Crippen molar-refractivity contribution < 1.29 is 0 Å². The minimum atomic E-state index is 0.109. The molecule has 0 fully saturated rings. The van der Waals surface area contributed by atoms with Gasteiger partial charge >= 0.3 is 0 Å². The summed E-state index contributed by atoms with van der Waals surface area (Å²) in [5, 5.41) is 8.17. The lowest BCUT2D eigenvalue weighted by Gasteiger charge is -2.23. The molecule has 20 heavy (non-hydrogen) atoms. The van der Waals surface area contributed by atoms with Crippen LogP contribution in [0.25, 0.3) is 0 Å². The molecule has 0 aliphatic heterocycles. The smallest absolute Gasteiger partial charge is 0.0718 e. The van der Waals surface area contributed by atoms with Crippen LogP contribution in [0.4, 0.5) is 0 Å². The highest BCUT2D eigenvalue weighted by molar-refractivity contribution is 5.39.